The Labute approximate surface area is 87.1 Å². The summed E-state index contributed by atoms with van der Waals surface area (Å²) in [6, 6.07) is 0. The monoisotopic (exact) mass is 214 g/mol. The van der Waals surface area contributed by atoms with Crippen molar-refractivity contribution in [2.75, 3.05) is 18.8 Å². The van der Waals surface area contributed by atoms with Crippen molar-refractivity contribution in [1.29, 1.82) is 0 Å². The Morgan fingerprint density at radius 1 is 1.69 bits per heavy atom. The van der Waals surface area contributed by atoms with E-state index in [0.29, 0.717) is 0 Å². The summed E-state index contributed by atoms with van der Waals surface area (Å²) in [7, 11) is 0. The number of thioether (sulfide) groups is 1. The van der Waals surface area contributed by atoms with E-state index in [4.69, 9.17) is 0 Å². The third-order valence-corrected chi connectivity index (χ3v) is 4.17. The van der Waals surface area contributed by atoms with Gasteiger partial charge in [0.2, 0.25) is 0 Å². The van der Waals surface area contributed by atoms with Crippen molar-refractivity contribution in [2.45, 2.75) is 12.7 Å². The van der Waals surface area contributed by atoms with E-state index in [0.717, 1.165) is 11.7 Å². The minimum atomic E-state index is 0.907. The number of nitrogens with one attached hydrogen (secondary N) is 1. The highest BCUT2D eigenvalue weighted by Gasteiger charge is 2.16. The third kappa shape index (κ3) is 2.69. The van der Waals surface area contributed by atoms with Crippen LogP contribution in [0.2, 0.25) is 0 Å². The molecule has 2 heterocycles. The summed E-state index contributed by atoms with van der Waals surface area (Å²) in [6.07, 6.45) is 0. The number of hydrogen-bond acceptors (Lipinski definition) is 4. The van der Waals surface area contributed by atoms with E-state index in [1.165, 1.54) is 29.5 Å². The van der Waals surface area contributed by atoms with Crippen LogP contribution in [-0.2, 0) is 5.75 Å². The molecule has 2 nitrogen and oxygen atoms in total. The molecule has 0 radical (unpaired) electrons. The quantitative estimate of drug-likeness (QED) is 0.828. The van der Waals surface area contributed by atoms with Crippen LogP contribution in [0.25, 0.3) is 0 Å². The molecule has 1 aliphatic rings. The Morgan fingerprint density at radius 2 is 2.54 bits per heavy atom. The van der Waals surface area contributed by atoms with Crippen molar-refractivity contribution in [3.63, 3.8) is 0 Å². The van der Waals surface area contributed by atoms with Crippen molar-refractivity contribution < 1.29 is 0 Å². The van der Waals surface area contributed by atoms with Crippen molar-refractivity contribution in [3.05, 3.63) is 16.1 Å². The van der Waals surface area contributed by atoms with Crippen molar-refractivity contribution >= 4 is 23.1 Å². The molecular weight excluding hydrogens is 200 g/mol. The van der Waals surface area contributed by atoms with E-state index in [1.807, 2.05) is 11.8 Å². The van der Waals surface area contributed by atoms with Gasteiger partial charge in [0.15, 0.2) is 0 Å². The van der Waals surface area contributed by atoms with E-state index >= 15 is 0 Å². The first-order valence-electron chi connectivity index (χ1n) is 4.54. The largest absolute Gasteiger partial charge is 0.316 e. The lowest BCUT2D eigenvalue weighted by Crippen LogP contribution is -2.43. The number of nitrogens with zero attached hydrogens (tertiary/aromatic N) is 1. The maximum atomic E-state index is 4.43. The molecule has 1 fully saturated rings. The topological polar surface area (TPSA) is 24.9 Å². The molecule has 72 valence electrons. The second-order valence-corrected chi connectivity index (χ2v) is 5.49. The number of hydrogen-bond donors (Lipinski definition) is 1. The SMILES string of the molecule is Cc1nc(CSCC2CNC2)cs1. The molecule has 0 atom stereocenters. The van der Waals surface area contributed by atoms with Gasteiger partial charge in [-0.1, -0.05) is 0 Å². The van der Waals surface area contributed by atoms with E-state index in [-0.39, 0.29) is 0 Å². The van der Waals surface area contributed by atoms with Crippen molar-refractivity contribution in [2.24, 2.45) is 5.92 Å². The molecule has 0 aromatic carbocycles. The Balaban J connectivity index is 1.67. The van der Waals surface area contributed by atoms with Gasteiger partial charge >= 0.3 is 0 Å². The van der Waals surface area contributed by atoms with Gasteiger partial charge in [0.25, 0.3) is 0 Å². The fourth-order valence-electron chi connectivity index (χ4n) is 1.27. The average Bonchev–Trinajstić information content (AvgIpc) is 2.42. The van der Waals surface area contributed by atoms with Crippen molar-refractivity contribution in [1.82, 2.24) is 10.3 Å². The van der Waals surface area contributed by atoms with E-state index in [1.54, 1.807) is 11.3 Å². The lowest BCUT2D eigenvalue weighted by molar-refractivity contribution is 0.385. The van der Waals surface area contributed by atoms with Crippen molar-refractivity contribution in [3.8, 4) is 0 Å². The molecule has 0 spiro atoms. The molecule has 1 saturated heterocycles. The number of aryl methyl sites for hydroxylation is 1. The Hall–Kier alpha value is -0.0600. The first kappa shape index (κ1) is 9.49. The summed E-state index contributed by atoms with van der Waals surface area (Å²) < 4.78 is 0. The van der Waals surface area contributed by atoms with E-state index in [9.17, 15) is 0 Å². The third-order valence-electron chi connectivity index (χ3n) is 2.14. The van der Waals surface area contributed by atoms with Gasteiger partial charge in [0.1, 0.15) is 0 Å². The van der Waals surface area contributed by atoms with Crippen LogP contribution in [-0.4, -0.2) is 23.8 Å². The lowest BCUT2D eigenvalue weighted by Gasteiger charge is -2.26. The molecule has 0 amide bonds. The molecule has 1 aliphatic heterocycles. The highest BCUT2D eigenvalue weighted by Crippen LogP contribution is 2.18. The Morgan fingerprint density at radius 3 is 3.08 bits per heavy atom. The Bertz CT molecular complexity index is 268. The molecule has 1 aromatic heterocycles. The van der Waals surface area contributed by atoms with Gasteiger partial charge in [0.05, 0.1) is 10.7 Å². The highest BCUT2D eigenvalue weighted by atomic mass is 32.2. The first-order chi connectivity index (χ1) is 6.34. The zero-order chi connectivity index (χ0) is 9.10. The van der Waals surface area contributed by atoms with Gasteiger partial charge in [-0.05, 0) is 31.7 Å². The number of aromatic nitrogens is 1. The molecule has 2 rings (SSSR count). The lowest BCUT2D eigenvalue weighted by atomic mass is 10.1. The molecule has 0 saturated carbocycles. The van der Waals surface area contributed by atoms with E-state index < -0.39 is 0 Å². The first-order valence-corrected chi connectivity index (χ1v) is 6.57. The average molecular weight is 214 g/mol. The van der Waals surface area contributed by atoms with Gasteiger partial charge in [0, 0.05) is 11.1 Å². The summed E-state index contributed by atoms with van der Waals surface area (Å²) in [5, 5.41) is 6.64. The van der Waals surface area contributed by atoms with Crippen LogP contribution in [0.15, 0.2) is 5.38 Å². The minimum absolute atomic E-state index is 0.907. The molecule has 1 aromatic rings. The maximum Gasteiger partial charge on any atom is 0.0897 e. The highest BCUT2D eigenvalue weighted by molar-refractivity contribution is 7.98. The fraction of sp³-hybridized carbons (Fsp3) is 0.667. The number of thiazole rings is 1. The smallest absolute Gasteiger partial charge is 0.0897 e. The number of rotatable bonds is 4. The summed E-state index contributed by atoms with van der Waals surface area (Å²) in [4.78, 5) is 4.43. The molecule has 0 bridgehead atoms. The zero-order valence-corrected chi connectivity index (χ0v) is 9.38. The molecule has 0 unspecified atom stereocenters. The maximum absolute atomic E-state index is 4.43. The van der Waals surface area contributed by atoms with Gasteiger partial charge in [-0.2, -0.15) is 11.8 Å². The normalized spacial score (nSPS) is 17.3. The van der Waals surface area contributed by atoms with E-state index in [2.05, 4.69) is 22.6 Å². The van der Waals surface area contributed by atoms with Crippen LogP contribution in [0.4, 0.5) is 0 Å². The summed E-state index contributed by atoms with van der Waals surface area (Å²) in [5.74, 6) is 3.27. The summed E-state index contributed by atoms with van der Waals surface area (Å²) in [6.45, 7) is 4.49. The standard InChI is InChI=1S/C9H14N2S2/c1-7-11-9(6-13-7)5-12-4-8-2-10-3-8/h6,8,10H,2-5H2,1H3. The van der Waals surface area contributed by atoms with Gasteiger partial charge in [-0.15, -0.1) is 11.3 Å². The molecule has 4 heteroatoms. The van der Waals surface area contributed by atoms with Gasteiger partial charge < -0.3 is 5.32 Å². The second kappa shape index (κ2) is 4.44. The molecule has 1 N–H and O–H groups in total. The summed E-state index contributed by atoms with van der Waals surface area (Å²) >= 11 is 3.75. The van der Waals surface area contributed by atoms with Crippen LogP contribution in [0, 0.1) is 12.8 Å². The second-order valence-electron chi connectivity index (χ2n) is 3.40. The van der Waals surface area contributed by atoms with Crippen LogP contribution in [0.3, 0.4) is 0 Å². The minimum Gasteiger partial charge on any atom is -0.316 e. The van der Waals surface area contributed by atoms with Crippen LogP contribution in [0.5, 0.6) is 0 Å². The van der Waals surface area contributed by atoms with Gasteiger partial charge in [-0.25, -0.2) is 4.98 Å². The molecular formula is C9H14N2S2. The fourth-order valence-corrected chi connectivity index (χ4v) is 3.03. The van der Waals surface area contributed by atoms with Crippen LogP contribution >= 0.6 is 23.1 Å². The molecule has 13 heavy (non-hydrogen) atoms. The van der Waals surface area contributed by atoms with Gasteiger partial charge in [-0.3, -0.25) is 0 Å². The predicted molar refractivity (Wildman–Crippen MR) is 59.4 cm³/mol. The predicted octanol–water partition coefficient (Wildman–Crippen LogP) is 1.90. The summed E-state index contributed by atoms with van der Waals surface area (Å²) in [5.41, 5.74) is 1.25. The molecule has 0 aliphatic carbocycles. The Kier molecular flexibility index (Phi) is 3.24. The zero-order valence-electron chi connectivity index (χ0n) is 7.75. The van der Waals surface area contributed by atoms with Crippen LogP contribution < -0.4 is 5.32 Å². The van der Waals surface area contributed by atoms with Crippen LogP contribution in [0.1, 0.15) is 10.7 Å².